The van der Waals surface area contributed by atoms with E-state index in [0.717, 1.165) is 12.8 Å². The van der Waals surface area contributed by atoms with Gasteiger partial charge in [0.05, 0.1) is 0 Å². The van der Waals surface area contributed by atoms with Crippen molar-refractivity contribution < 1.29 is 14.6 Å². The smallest absolute Gasteiger partial charge is 0.251 e. The van der Waals surface area contributed by atoms with Crippen molar-refractivity contribution in [3.05, 3.63) is 23.9 Å². The molecule has 1 aromatic rings. The van der Waals surface area contributed by atoms with Gasteiger partial charge in [-0.25, -0.2) is 4.98 Å². The van der Waals surface area contributed by atoms with Crippen LogP contribution in [-0.4, -0.2) is 35.3 Å². The van der Waals surface area contributed by atoms with E-state index in [9.17, 15) is 4.79 Å². The van der Waals surface area contributed by atoms with Crippen LogP contribution in [0.25, 0.3) is 0 Å². The molecule has 1 fully saturated rings. The first-order valence-corrected chi connectivity index (χ1v) is 6.31. The van der Waals surface area contributed by atoms with E-state index in [1.807, 2.05) is 0 Å². The van der Waals surface area contributed by atoms with Gasteiger partial charge in [0.15, 0.2) is 0 Å². The van der Waals surface area contributed by atoms with Crippen molar-refractivity contribution in [1.29, 1.82) is 0 Å². The Morgan fingerprint density at radius 2 is 2.39 bits per heavy atom. The van der Waals surface area contributed by atoms with Gasteiger partial charge in [0, 0.05) is 31.0 Å². The monoisotopic (exact) mass is 250 g/mol. The molecule has 18 heavy (non-hydrogen) atoms. The molecule has 0 saturated heterocycles. The molecule has 0 radical (unpaired) electrons. The molecule has 1 aliphatic rings. The van der Waals surface area contributed by atoms with E-state index in [1.54, 1.807) is 18.3 Å². The summed E-state index contributed by atoms with van der Waals surface area (Å²) >= 11 is 0. The largest absolute Gasteiger partial charge is 0.474 e. The lowest BCUT2D eigenvalue weighted by Crippen LogP contribution is -2.26. The number of ether oxygens (including phenoxy) is 1. The van der Waals surface area contributed by atoms with Gasteiger partial charge in [0.25, 0.3) is 5.91 Å². The molecule has 1 heterocycles. The topological polar surface area (TPSA) is 71.5 Å². The molecule has 1 aromatic heterocycles. The Morgan fingerprint density at radius 3 is 3.06 bits per heavy atom. The predicted molar refractivity (Wildman–Crippen MR) is 66.5 cm³/mol. The van der Waals surface area contributed by atoms with Crippen molar-refractivity contribution in [2.45, 2.75) is 31.8 Å². The van der Waals surface area contributed by atoms with Crippen LogP contribution in [0.4, 0.5) is 0 Å². The Labute approximate surface area is 106 Å². The molecule has 5 heteroatoms. The lowest BCUT2D eigenvalue weighted by atomic mass is 9.96. The van der Waals surface area contributed by atoms with Gasteiger partial charge in [-0.1, -0.05) is 0 Å². The number of pyridine rings is 1. The molecule has 0 atom stereocenters. The van der Waals surface area contributed by atoms with Gasteiger partial charge in [0.2, 0.25) is 5.88 Å². The lowest BCUT2D eigenvalue weighted by Gasteiger charge is -2.25. The maximum Gasteiger partial charge on any atom is 0.251 e. The summed E-state index contributed by atoms with van der Waals surface area (Å²) in [6.45, 7) is 0.545. The second kappa shape index (κ2) is 6.35. The fourth-order valence-corrected chi connectivity index (χ4v) is 1.66. The fourth-order valence-electron chi connectivity index (χ4n) is 1.66. The second-order valence-electron chi connectivity index (χ2n) is 4.39. The van der Waals surface area contributed by atoms with Crippen molar-refractivity contribution in [1.82, 2.24) is 10.3 Å². The zero-order chi connectivity index (χ0) is 12.8. The standard InChI is InChI=1S/C13H18N2O3/c16-8-2-6-15-13(17)10-5-7-14-12(9-10)18-11-3-1-4-11/h5,7,9,11,16H,1-4,6,8H2,(H,15,17). The highest BCUT2D eigenvalue weighted by molar-refractivity contribution is 5.94. The van der Waals surface area contributed by atoms with Crippen molar-refractivity contribution in [2.75, 3.05) is 13.2 Å². The highest BCUT2D eigenvalue weighted by atomic mass is 16.5. The van der Waals surface area contributed by atoms with Crippen molar-refractivity contribution in [3.8, 4) is 5.88 Å². The number of nitrogens with zero attached hydrogens (tertiary/aromatic N) is 1. The number of aliphatic hydroxyl groups excluding tert-OH is 1. The van der Waals surface area contributed by atoms with Crippen molar-refractivity contribution in [2.24, 2.45) is 0 Å². The Bertz CT molecular complexity index is 405. The van der Waals surface area contributed by atoms with Crippen LogP contribution in [-0.2, 0) is 0 Å². The van der Waals surface area contributed by atoms with E-state index >= 15 is 0 Å². The molecule has 2 rings (SSSR count). The Balaban J connectivity index is 1.90. The summed E-state index contributed by atoms with van der Waals surface area (Å²) in [5.74, 6) is 0.346. The van der Waals surface area contributed by atoms with Crippen LogP contribution < -0.4 is 10.1 Å². The van der Waals surface area contributed by atoms with E-state index < -0.39 is 0 Å². The van der Waals surface area contributed by atoms with Crippen LogP contribution in [0, 0.1) is 0 Å². The van der Waals surface area contributed by atoms with E-state index in [-0.39, 0.29) is 18.6 Å². The molecule has 98 valence electrons. The Hall–Kier alpha value is -1.62. The van der Waals surface area contributed by atoms with Crippen molar-refractivity contribution >= 4 is 5.91 Å². The number of aliphatic hydroxyl groups is 1. The minimum absolute atomic E-state index is 0.0761. The number of nitrogens with one attached hydrogen (secondary N) is 1. The van der Waals surface area contributed by atoms with E-state index in [4.69, 9.17) is 9.84 Å². The van der Waals surface area contributed by atoms with Crippen LogP contribution >= 0.6 is 0 Å². The summed E-state index contributed by atoms with van der Waals surface area (Å²) < 4.78 is 5.64. The van der Waals surface area contributed by atoms with Crippen LogP contribution in [0.3, 0.4) is 0 Å². The molecule has 5 nitrogen and oxygen atoms in total. The number of carbonyl (C=O) groups excluding carboxylic acids is 1. The number of hydrogen-bond acceptors (Lipinski definition) is 4. The summed E-state index contributed by atoms with van der Waals surface area (Å²) in [7, 11) is 0. The SMILES string of the molecule is O=C(NCCCO)c1ccnc(OC2CCC2)c1. The number of rotatable bonds is 6. The number of hydrogen-bond donors (Lipinski definition) is 2. The summed E-state index contributed by atoms with van der Waals surface area (Å²) in [5, 5.41) is 11.4. The molecule has 0 bridgehead atoms. The highest BCUT2D eigenvalue weighted by Gasteiger charge is 2.19. The molecule has 0 unspecified atom stereocenters. The van der Waals surface area contributed by atoms with Gasteiger partial charge in [-0.3, -0.25) is 4.79 Å². The second-order valence-corrected chi connectivity index (χ2v) is 4.39. The molecule has 0 spiro atoms. The quantitative estimate of drug-likeness (QED) is 0.742. The molecule has 0 aromatic carbocycles. The van der Waals surface area contributed by atoms with Crippen LogP contribution in [0.1, 0.15) is 36.0 Å². The Morgan fingerprint density at radius 1 is 1.56 bits per heavy atom. The average molecular weight is 250 g/mol. The third kappa shape index (κ3) is 3.43. The zero-order valence-electron chi connectivity index (χ0n) is 10.3. The summed E-state index contributed by atoms with van der Waals surface area (Å²) in [6.07, 6.45) is 5.72. The maximum absolute atomic E-state index is 11.8. The van der Waals surface area contributed by atoms with Crippen LogP contribution in [0.5, 0.6) is 5.88 Å². The predicted octanol–water partition coefficient (Wildman–Crippen LogP) is 1.13. The third-order valence-electron chi connectivity index (χ3n) is 2.96. The zero-order valence-corrected chi connectivity index (χ0v) is 10.3. The normalized spacial score (nSPS) is 14.9. The molecular formula is C13H18N2O3. The van der Waals surface area contributed by atoms with Gasteiger partial charge in [0.1, 0.15) is 6.10 Å². The molecular weight excluding hydrogens is 232 g/mol. The molecule has 1 aliphatic carbocycles. The molecule has 1 amide bonds. The van der Waals surface area contributed by atoms with Gasteiger partial charge in [-0.15, -0.1) is 0 Å². The summed E-state index contributed by atoms with van der Waals surface area (Å²) in [4.78, 5) is 15.9. The minimum Gasteiger partial charge on any atom is -0.474 e. The van der Waals surface area contributed by atoms with Gasteiger partial charge >= 0.3 is 0 Å². The van der Waals surface area contributed by atoms with Gasteiger partial charge in [-0.2, -0.15) is 0 Å². The van der Waals surface area contributed by atoms with Gasteiger partial charge < -0.3 is 15.2 Å². The van der Waals surface area contributed by atoms with Crippen molar-refractivity contribution in [3.63, 3.8) is 0 Å². The number of carbonyl (C=O) groups is 1. The van der Waals surface area contributed by atoms with E-state index in [1.165, 1.54) is 6.42 Å². The van der Waals surface area contributed by atoms with Gasteiger partial charge in [-0.05, 0) is 31.7 Å². The third-order valence-corrected chi connectivity index (χ3v) is 2.96. The van der Waals surface area contributed by atoms with Crippen LogP contribution in [0.2, 0.25) is 0 Å². The highest BCUT2D eigenvalue weighted by Crippen LogP contribution is 2.24. The molecule has 0 aliphatic heterocycles. The first-order valence-electron chi connectivity index (χ1n) is 6.31. The number of amides is 1. The minimum atomic E-state index is -0.163. The molecule has 1 saturated carbocycles. The summed E-state index contributed by atoms with van der Waals surface area (Å²) in [5.41, 5.74) is 0.539. The first kappa shape index (κ1) is 12.8. The number of aromatic nitrogens is 1. The average Bonchev–Trinajstić information content (AvgIpc) is 2.34. The van der Waals surface area contributed by atoms with E-state index in [2.05, 4.69) is 10.3 Å². The van der Waals surface area contributed by atoms with Crippen LogP contribution in [0.15, 0.2) is 18.3 Å². The first-order chi connectivity index (χ1) is 8.79. The lowest BCUT2D eigenvalue weighted by molar-refractivity contribution is 0.0946. The molecule has 2 N–H and O–H groups in total. The van der Waals surface area contributed by atoms with E-state index in [0.29, 0.717) is 24.4 Å². The maximum atomic E-state index is 11.8. The summed E-state index contributed by atoms with van der Waals surface area (Å²) in [6, 6.07) is 3.31. The Kier molecular flexibility index (Phi) is 4.52. The fraction of sp³-hybridized carbons (Fsp3) is 0.538.